The van der Waals surface area contributed by atoms with E-state index in [4.69, 9.17) is 0 Å². The number of amides is 3. The highest BCUT2D eigenvalue weighted by molar-refractivity contribution is 8.00. The summed E-state index contributed by atoms with van der Waals surface area (Å²) in [5, 5.41) is 12.2. The second-order valence-electron chi connectivity index (χ2n) is 5.27. The molecule has 3 N–H and O–H groups in total. The van der Waals surface area contributed by atoms with Gasteiger partial charge < -0.3 is 5.32 Å². The monoisotopic (exact) mass is 295 g/mol. The van der Waals surface area contributed by atoms with E-state index in [1.54, 1.807) is 6.92 Å². The van der Waals surface area contributed by atoms with Crippen LogP contribution in [0.2, 0.25) is 0 Å². The largest absolute Gasteiger partial charge is 0.335 e. The first kappa shape index (κ1) is 13.4. The van der Waals surface area contributed by atoms with Gasteiger partial charge in [-0.25, -0.2) is 9.78 Å². The molecule has 1 unspecified atom stereocenters. The number of carbonyl (C=O) groups excluding carboxylic acids is 2. The van der Waals surface area contributed by atoms with E-state index in [-0.39, 0.29) is 11.9 Å². The zero-order valence-electron chi connectivity index (χ0n) is 11.2. The first-order chi connectivity index (χ1) is 9.61. The number of thioether (sulfide) groups is 1. The number of imide groups is 1. The highest BCUT2D eigenvalue weighted by Gasteiger charge is 2.28. The minimum absolute atomic E-state index is 0.236. The lowest BCUT2D eigenvalue weighted by molar-refractivity contribution is -0.119. The number of aromatic amines is 1. The summed E-state index contributed by atoms with van der Waals surface area (Å²) >= 11 is 1.25. The molecule has 20 heavy (non-hydrogen) atoms. The molecule has 0 spiro atoms. The van der Waals surface area contributed by atoms with E-state index < -0.39 is 11.3 Å². The number of H-pyrrole nitrogens is 1. The number of urea groups is 1. The van der Waals surface area contributed by atoms with Gasteiger partial charge in [0, 0.05) is 12.0 Å². The van der Waals surface area contributed by atoms with Gasteiger partial charge in [-0.05, 0) is 32.6 Å². The first-order valence-electron chi connectivity index (χ1n) is 6.82. The topological polar surface area (TPSA) is 99.8 Å². The van der Waals surface area contributed by atoms with Crippen molar-refractivity contribution >= 4 is 23.7 Å². The summed E-state index contributed by atoms with van der Waals surface area (Å²) in [6.45, 7) is 1.73. The number of nitrogens with zero attached hydrogens (tertiary/aromatic N) is 2. The molecular weight excluding hydrogens is 278 g/mol. The van der Waals surface area contributed by atoms with Crippen molar-refractivity contribution in [1.29, 1.82) is 0 Å². The molecule has 1 atom stereocenters. The third-order valence-corrected chi connectivity index (χ3v) is 4.21. The molecule has 0 aromatic carbocycles. The molecule has 7 nitrogen and oxygen atoms in total. The molecular formula is C12H17N5O2S. The Labute approximate surface area is 120 Å². The predicted octanol–water partition coefficient (Wildman–Crippen LogP) is 1.15. The van der Waals surface area contributed by atoms with Gasteiger partial charge in [0.2, 0.25) is 11.1 Å². The molecule has 3 amide bonds. The predicted molar refractivity (Wildman–Crippen MR) is 73.4 cm³/mol. The number of nitrogens with one attached hydrogen (secondary N) is 3. The van der Waals surface area contributed by atoms with Crippen molar-refractivity contribution in [3.8, 4) is 0 Å². The van der Waals surface area contributed by atoms with Gasteiger partial charge in [0.25, 0.3) is 0 Å². The van der Waals surface area contributed by atoms with Gasteiger partial charge in [0.1, 0.15) is 5.82 Å². The van der Waals surface area contributed by atoms with E-state index in [9.17, 15) is 9.59 Å². The van der Waals surface area contributed by atoms with Crippen LogP contribution in [0.3, 0.4) is 0 Å². The molecule has 2 aliphatic rings. The van der Waals surface area contributed by atoms with Crippen molar-refractivity contribution in [2.24, 2.45) is 0 Å². The second-order valence-corrected chi connectivity index (χ2v) is 6.58. The van der Waals surface area contributed by atoms with Gasteiger partial charge in [-0.1, -0.05) is 11.8 Å². The zero-order chi connectivity index (χ0) is 14.1. The smallest absolute Gasteiger partial charge is 0.321 e. The van der Waals surface area contributed by atoms with Crippen LogP contribution in [-0.4, -0.2) is 38.4 Å². The fourth-order valence-electron chi connectivity index (χ4n) is 1.72. The Kier molecular flexibility index (Phi) is 3.64. The highest BCUT2D eigenvalue weighted by Crippen LogP contribution is 2.38. The maximum atomic E-state index is 11.9. The maximum Gasteiger partial charge on any atom is 0.321 e. The summed E-state index contributed by atoms with van der Waals surface area (Å²) < 4.78 is 0. The van der Waals surface area contributed by atoms with E-state index in [1.165, 1.54) is 11.8 Å². The molecule has 1 aromatic heterocycles. The van der Waals surface area contributed by atoms with E-state index >= 15 is 0 Å². The van der Waals surface area contributed by atoms with Crippen LogP contribution < -0.4 is 10.6 Å². The van der Waals surface area contributed by atoms with Crippen LogP contribution in [0.1, 0.15) is 44.3 Å². The first-order valence-corrected chi connectivity index (χ1v) is 7.70. The Morgan fingerprint density at radius 2 is 2.10 bits per heavy atom. The average molecular weight is 295 g/mol. The van der Waals surface area contributed by atoms with Crippen LogP contribution in [-0.2, 0) is 4.79 Å². The summed E-state index contributed by atoms with van der Waals surface area (Å²) in [6, 6.07) is -0.182. The Hall–Kier alpha value is -1.57. The highest BCUT2D eigenvalue weighted by atomic mass is 32.2. The van der Waals surface area contributed by atoms with Crippen LogP contribution in [0.15, 0.2) is 5.16 Å². The third kappa shape index (κ3) is 3.50. The van der Waals surface area contributed by atoms with Gasteiger partial charge in [0.05, 0.1) is 5.25 Å². The lowest BCUT2D eigenvalue weighted by Crippen LogP contribution is -2.43. The molecule has 108 valence electrons. The van der Waals surface area contributed by atoms with Crippen molar-refractivity contribution in [2.45, 2.75) is 55.0 Å². The molecule has 0 aliphatic heterocycles. The Balaban J connectivity index is 1.47. The van der Waals surface area contributed by atoms with Gasteiger partial charge >= 0.3 is 6.03 Å². The molecule has 2 saturated carbocycles. The lowest BCUT2D eigenvalue weighted by atomic mass is 10.4. The average Bonchev–Trinajstić information content (AvgIpc) is 3.31. The van der Waals surface area contributed by atoms with Crippen molar-refractivity contribution in [3.05, 3.63) is 5.82 Å². The second kappa shape index (κ2) is 5.43. The van der Waals surface area contributed by atoms with Crippen molar-refractivity contribution in [2.75, 3.05) is 0 Å². The summed E-state index contributed by atoms with van der Waals surface area (Å²) in [6.07, 6.45) is 4.29. The Morgan fingerprint density at radius 1 is 1.35 bits per heavy atom. The quantitative estimate of drug-likeness (QED) is 0.708. The van der Waals surface area contributed by atoms with Crippen molar-refractivity contribution < 1.29 is 9.59 Å². The SMILES string of the molecule is CC(Sc1n[nH]c(C2CC2)n1)C(=O)NC(=O)NC1CC1. The third-order valence-electron chi connectivity index (χ3n) is 3.25. The minimum Gasteiger partial charge on any atom is -0.335 e. The number of hydrogen-bond donors (Lipinski definition) is 3. The fourth-order valence-corrected chi connectivity index (χ4v) is 2.46. The van der Waals surface area contributed by atoms with Crippen LogP contribution in [0.25, 0.3) is 0 Å². The van der Waals surface area contributed by atoms with Crippen LogP contribution in [0.4, 0.5) is 4.79 Å². The normalized spacial score (nSPS) is 19.4. The van der Waals surface area contributed by atoms with Crippen molar-refractivity contribution in [3.63, 3.8) is 0 Å². The Morgan fingerprint density at radius 3 is 2.75 bits per heavy atom. The summed E-state index contributed by atoms with van der Waals surface area (Å²) in [4.78, 5) is 27.7. The Bertz CT molecular complexity index is 524. The van der Waals surface area contributed by atoms with Crippen LogP contribution in [0, 0.1) is 0 Å². The molecule has 0 saturated heterocycles. The summed E-state index contributed by atoms with van der Waals surface area (Å²) in [5.41, 5.74) is 0. The fraction of sp³-hybridized carbons (Fsp3) is 0.667. The van der Waals surface area contributed by atoms with Gasteiger partial charge in [0.15, 0.2) is 0 Å². The number of carbonyl (C=O) groups is 2. The van der Waals surface area contributed by atoms with Crippen LogP contribution in [0.5, 0.6) is 0 Å². The number of rotatable bonds is 5. The standard InChI is InChI=1S/C12H17N5O2S/c1-6(10(18)15-11(19)13-8-4-5-8)20-12-14-9(16-17-12)7-2-3-7/h6-8H,2-5H2,1H3,(H,14,16,17)(H2,13,15,18,19). The van der Waals surface area contributed by atoms with Gasteiger partial charge in [-0.3, -0.25) is 15.2 Å². The molecule has 8 heteroatoms. The lowest BCUT2D eigenvalue weighted by Gasteiger charge is -2.09. The van der Waals surface area contributed by atoms with Gasteiger partial charge in [-0.2, -0.15) is 0 Å². The van der Waals surface area contributed by atoms with E-state index in [1.807, 2.05) is 0 Å². The maximum absolute atomic E-state index is 11.9. The molecule has 0 bridgehead atoms. The molecule has 3 rings (SSSR count). The molecule has 0 radical (unpaired) electrons. The number of hydrogen-bond acceptors (Lipinski definition) is 5. The van der Waals surface area contributed by atoms with Crippen molar-refractivity contribution in [1.82, 2.24) is 25.8 Å². The number of aromatic nitrogens is 3. The molecule has 2 fully saturated rings. The summed E-state index contributed by atoms with van der Waals surface area (Å²) in [7, 11) is 0. The zero-order valence-corrected chi connectivity index (χ0v) is 12.0. The van der Waals surface area contributed by atoms with Crippen LogP contribution >= 0.6 is 11.8 Å². The van der Waals surface area contributed by atoms with E-state index in [0.717, 1.165) is 31.5 Å². The summed E-state index contributed by atoms with van der Waals surface area (Å²) in [5.74, 6) is 1.07. The minimum atomic E-state index is -0.418. The van der Waals surface area contributed by atoms with Gasteiger partial charge in [-0.15, -0.1) is 5.10 Å². The van der Waals surface area contributed by atoms with E-state index in [0.29, 0.717) is 11.1 Å². The molecule has 2 aliphatic carbocycles. The molecule has 1 aromatic rings. The molecule has 1 heterocycles. The van der Waals surface area contributed by atoms with E-state index in [2.05, 4.69) is 25.8 Å².